The first kappa shape index (κ1) is 17.7. The summed E-state index contributed by atoms with van der Waals surface area (Å²) >= 11 is 0. The molecule has 0 saturated heterocycles. The van der Waals surface area contributed by atoms with E-state index in [1.807, 2.05) is 24.3 Å². The van der Waals surface area contributed by atoms with Gasteiger partial charge in [0, 0.05) is 12.7 Å². The molecule has 1 aromatic rings. The minimum Gasteiger partial charge on any atom is -0.462 e. The third-order valence-electron chi connectivity index (χ3n) is 3.26. The summed E-state index contributed by atoms with van der Waals surface area (Å²) in [7, 11) is -2.38. The Morgan fingerprint density at radius 1 is 1.39 bits per heavy atom. The molecule has 0 bridgehead atoms. The van der Waals surface area contributed by atoms with Crippen molar-refractivity contribution in [2.45, 2.75) is 32.8 Å². The first-order valence-corrected chi connectivity index (χ1v) is 9.06. The van der Waals surface area contributed by atoms with Crippen molar-refractivity contribution in [2.75, 3.05) is 13.7 Å². The Morgan fingerprint density at radius 2 is 2.17 bits per heavy atom. The van der Waals surface area contributed by atoms with Crippen molar-refractivity contribution in [1.82, 2.24) is 5.09 Å². The van der Waals surface area contributed by atoms with Crippen LogP contribution in [-0.2, 0) is 25.0 Å². The molecule has 0 aromatic heterocycles. The van der Waals surface area contributed by atoms with E-state index < -0.39 is 13.7 Å². The molecule has 0 fully saturated rings. The zero-order valence-corrected chi connectivity index (χ0v) is 14.5. The minimum absolute atomic E-state index is 0.238. The van der Waals surface area contributed by atoms with Crippen LogP contribution in [0.1, 0.15) is 31.4 Å². The first-order valence-electron chi connectivity index (χ1n) is 7.52. The molecule has 0 saturated carbocycles. The van der Waals surface area contributed by atoms with Gasteiger partial charge in [0.2, 0.25) is 0 Å². The van der Waals surface area contributed by atoms with Crippen LogP contribution >= 0.6 is 7.75 Å². The van der Waals surface area contributed by atoms with E-state index in [9.17, 15) is 9.36 Å². The monoisotopic (exact) mass is 339 g/mol. The van der Waals surface area contributed by atoms with Crippen LogP contribution in [0, 0.1) is 0 Å². The number of carbonyl (C=O) groups is 1. The molecule has 0 amide bonds. The molecule has 1 unspecified atom stereocenters. The van der Waals surface area contributed by atoms with Gasteiger partial charge in [0.05, 0.1) is 6.10 Å². The van der Waals surface area contributed by atoms with E-state index in [4.69, 9.17) is 13.8 Å². The predicted molar refractivity (Wildman–Crippen MR) is 88.3 cm³/mol. The first-order chi connectivity index (χ1) is 10.9. The second-order valence-corrected chi connectivity index (χ2v) is 7.27. The maximum atomic E-state index is 12.6. The fourth-order valence-electron chi connectivity index (χ4n) is 2.25. The Bertz CT molecular complexity index is 641. The van der Waals surface area contributed by atoms with E-state index >= 15 is 0 Å². The van der Waals surface area contributed by atoms with Crippen LogP contribution in [0.2, 0.25) is 0 Å². The zero-order chi connectivity index (χ0) is 16.9. The second kappa shape index (κ2) is 7.77. The Morgan fingerprint density at radius 3 is 2.87 bits per heavy atom. The van der Waals surface area contributed by atoms with E-state index in [1.54, 1.807) is 19.9 Å². The lowest BCUT2D eigenvalue weighted by atomic mass is 9.97. The van der Waals surface area contributed by atoms with Crippen LogP contribution in [0.15, 0.2) is 24.3 Å². The Kier molecular flexibility index (Phi) is 5.99. The van der Waals surface area contributed by atoms with Crippen LogP contribution in [0.4, 0.5) is 0 Å². The second-order valence-electron chi connectivity index (χ2n) is 5.41. The van der Waals surface area contributed by atoms with Gasteiger partial charge in [0.15, 0.2) is 0 Å². The lowest BCUT2D eigenvalue weighted by Gasteiger charge is -2.21. The highest BCUT2D eigenvalue weighted by atomic mass is 31.2. The van der Waals surface area contributed by atoms with Gasteiger partial charge in [0.1, 0.15) is 12.3 Å². The fraction of sp³-hybridized carbons (Fsp3) is 0.438. The van der Waals surface area contributed by atoms with Crippen LogP contribution in [-0.4, -0.2) is 25.7 Å². The number of hydrogen-bond donors (Lipinski definition) is 1. The number of hydrogen-bond acceptors (Lipinski definition) is 5. The average Bonchev–Trinajstić information content (AvgIpc) is 2.53. The fourth-order valence-corrected chi connectivity index (χ4v) is 3.25. The predicted octanol–water partition coefficient (Wildman–Crippen LogP) is 3.32. The Labute approximate surface area is 136 Å². The highest BCUT2D eigenvalue weighted by Gasteiger charge is 2.27. The maximum Gasteiger partial charge on any atom is 0.459 e. The number of benzene rings is 1. The SMILES string of the molecule is COP(=O)(NCC(=O)OC(C)C)Oc1cccc2c1C=CCC2. The molecule has 0 radical (unpaired) electrons. The zero-order valence-electron chi connectivity index (χ0n) is 13.6. The van der Waals surface area contributed by atoms with Gasteiger partial charge in [-0.15, -0.1) is 0 Å². The summed E-state index contributed by atoms with van der Waals surface area (Å²) in [5.41, 5.74) is 2.02. The van der Waals surface area contributed by atoms with E-state index in [1.165, 1.54) is 7.11 Å². The summed E-state index contributed by atoms with van der Waals surface area (Å²) in [6.07, 6.45) is 5.63. The number of carbonyl (C=O) groups excluding carboxylic acids is 1. The van der Waals surface area contributed by atoms with Crippen molar-refractivity contribution in [3.05, 3.63) is 35.4 Å². The highest BCUT2D eigenvalue weighted by Crippen LogP contribution is 2.45. The number of esters is 1. The lowest BCUT2D eigenvalue weighted by molar-refractivity contribution is -0.145. The summed E-state index contributed by atoms with van der Waals surface area (Å²) in [5.74, 6) is -0.0516. The molecule has 1 aliphatic carbocycles. The largest absolute Gasteiger partial charge is 0.462 e. The number of rotatable bonds is 7. The number of aryl methyl sites for hydroxylation is 1. The van der Waals surface area contributed by atoms with Crippen LogP contribution in [0.5, 0.6) is 5.75 Å². The molecule has 0 spiro atoms. The number of fused-ring (bicyclic) bond motifs is 1. The molecular weight excluding hydrogens is 317 g/mol. The summed E-state index contributed by atoms with van der Waals surface area (Å²) < 4.78 is 28.2. The molecule has 1 N–H and O–H groups in total. The molecule has 0 heterocycles. The van der Waals surface area contributed by atoms with Crippen LogP contribution < -0.4 is 9.61 Å². The van der Waals surface area contributed by atoms with Crippen LogP contribution in [0.25, 0.3) is 6.08 Å². The van der Waals surface area contributed by atoms with Gasteiger partial charge in [-0.05, 0) is 38.3 Å². The molecule has 6 nitrogen and oxygen atoms in total. The Balaban J connectivity index is 2.09. The number of nitrogens with one attached hydrogen (secondary N) is 1. The third-order valence-corrected chi connectivity index (χ3v) is 4.73. The molecule has 7 heteroatoms. The summed E-state index contributed by atoms with van der Waals surface area (Å²) in [5, 5.41) is 2.52. The molecule has 0 aliphatic heterocycles. The summed E-state index contributed by atoms with van der Waals surface area (Å²) in [6.45, 7) is 3.23. The van der Waals surface area contributed by atoms with Gasteiger partial charge in [0.25, 0.3) is 0 Å². The molecule has 126 valence electrons. The molecule has 1 atom stereocenters. The normalized spacial score (nSPS) is 15.8. The smallest absolute Gasteiger partial charge is 0.459 e. The van der Waals surface area contributed by atoms with Crippen molar-refractivity contribution in [2.24, 2.45) is 0 Å². The molecular formula is C16H22NO5P. The van der Waals surface area contributed by atoms with Gasteiger partial charge in [-0.3, -0.25) is 9.32 Å². The van der Waals surface area contributed by atoms with Gasteiger partial charge >= 0.3 is 13.7 Å². The lowest BCUT2D eigenvalue weighted by Crippen LogP contribution is -2.26. The summed E-state index contributed by atoms with van der Waals surface area (Å²) in [6, 6.07) is 5.59. The highest BCUT2D eigenvalue weighted by molar-refractivity contribution is 7.52. The van der Waals surface area contributed by atoms with E-state index in [0.29, 0.717) is 5.75 Å². The van der Waals surface area contributed by atoms with Gasteiger partial charge < -0.3 is 9.26 Å². The average molecular weight is 339 g/mol. The van der Waals surface area contributed by atoms with E-state index in [-0.39, 0.29) is 12.6 Å². The number of ether oxygens (including phenoxy) is 1. The van der Waals surface area contributed by atoms with E-state index in [2.05, 4.69) is 5.09 Å². The minimum atomic E-state index is -3.65. The standard InChI is InChI=1S/C16H22NO5P/c1-12(2)21-16(18)11-17-23(19,20-3)22-15-10-6-8-13-7-4-5-9-14(13)15/h5-6,8-10,12H,4,7,11H2,1-3H3,(H,17,19). The van der Waals surface area contributed by atoms with Crippen molar-refractivity contribution in [1.29, 1.82) is 0 Å². The van der Waals surface area contributed by atoms with Crippen molar-refractivity contribution < 1.29 is 23.1 Å². The quantitative estimate of drug-likeness (QED) is 0.607. The Hall–Kier alpha value is -1.62. The van der Waals surface area contributed by atoms with Crippen molar-refractivity contribution >= 4 is 19.8 Å². The van der Waals surface area contributed by atoms with Gasteiger partial charge in [-0.25, -0.2) is 9.65 Å². The van der Waals surface area contributed by atoms with Crippen molar-refractivity contribution in [3.8, 4) is 5.75 Å². The van der Waals surface area contributed by atoms with Crippen LogP contribution in [0.3, 0.4) is 0 Å². The molecule has 23 heavy (non-hydrogen) atoms. The molecule has 1 aromatic carbocycles. The topological polar surface area (TPSA) is 73.9 Å². The maximum absolute atomic E-state index is 12.6. The van der Waals surface area contributed by atoms with E-state index in [0.717, 1.165) is 24.0 Å². The number of allylic oxidation sites excluding steroid dienone is 1. The van der Waals surface area contributed by atoms with Gasteiger partial charge in [-0.1, -0.05) is 24.3 Å². The molecule has 1 aliphatic rings. The van der Waals surface area contributed by atoms with Gasteiger partial charge in [-0.2, -0.15) is 0 Å². The summed E-state index contributed by atoms with van der Waals surface area (Å²) in [4.78, 5) is 11.6. The third kappa shape index (κ3) is 4.93. The molecule has 2 rings (SSSR count). The van der Waals surface area contributed by atoms with Crippen molar-refractivity contribution in [3.63, 3.8) is 0 Å².